The molecule has 37 heavy (non-hydrogen) atoms. The molecule has 0 saturated carbocycles. The van der Waals surface area contributed by atoms with Gasteiger partial charge in [0.25, 0.3) is 17.7 Å². The van der Waals surface area contributed by atoms with Gasteiger partial charge in [0.1, 0.15) is 17.1 Å². The number of carbonyl (C=O) groups is 4. The summed E-state index contributed by atoms with van der Waals surface area (Å²) < 4.78 is 10.8. The van der Waals surface area contributed by atoms with Crippen LogP contribution in [-0.2, 0) is 14.4 Å². The fourth-order valence-electron chi connectivity index (χ4n) is 3.71. The number of nitrogens with zero attached hydrogens (tertiary/aromatic N) is 1. The Morgan fingerprint density at radius 1 is 1.00 bits per heavy atom. The number of aryl methyl sites for hydroxylation is 2. The van der Waals surface area contributed by atoms with Gasteiger partial charge in [0.2, 0.25) is 0 Å². The van der Waals surface area contributed by atoms with Gasteiger partial charge in [-0.1, -0.05) is 30.3 Å². The molecule has 0 bridgehead atoms. The maximum Gasteiger partial charge on any atom is 0.335 e. The molecular formula is C28H25N3O6. The minimum Gasteiger partial charge on any atom is -0.497 e. The Labute approximate surface area is 213 Å². The molecule has 0 atom stereocenters. The van der Waals surface area contributed by atoms with E-state index in [1.165, 1.54) is 25.3 Å². The molecule has 0 unspecified atom stereocenters. The van der Waals surface area contributed by atoms with Crippen LogP contribution < -0.4 is 25.0 Å². The number of urea groups is 1. The lowest BCUT2D eigenvalue weighted by molar-refractivity contribution is -0.122. The normalized spacial score (nSPS) is 14.4. The lowest BCUT2D eigenvalue weighted by atomic mass is 10.1. The quantitative estimate of drug-likeness (QED) is 0.375. The third kappa shape index (κ3) is 5.67. The summed E-state index contributed by atoms with van der Waals surface area (Å²) in [7, 11) is 1.50. The largest absolute Gasteiger partial charge is 0.497 e. The smallest absolute Gasteiger partial charge is 0.335 e. The van der Waals surface area contributed by atoms with E-state index >= 15 is 0 Å². The highest BCUT2D eigenvalue weighted by Crippen LogP contribution is 2.27. The lowest BCUT2D eigenvalue weighted by Gasteiger charge is -2.26. The zero-order chi connectivity index (χ0) is 26.5. The van der Waals surface area contributed by atoms with E-state index in [0.29, 0.717) is 22.7 Å². The molecule has 3 aromatic carbocycles. The summed E-state index contributed by atoms with van der Waals surface area (Å²) in [6.45, 7) is 3.54. The van der Waals surface area contributed by atoms with Gasteiger partial charge < -0.3 is 14.8 Å². The van der Waals surface area contributed by atoms with Gasteiger partial charge in [0.15, 0.2) is 6.61 Å². The highest BCUT2D eigenvalue weighted by molar-refractivity contribution is 6.39. The van der Waals surface area contributed by atoms with Crippen LogP contribution in [0, 0.1) is 13.8 Å². The van der Waals surface area contributed by atoms with E-state index < -0.39 is 17.8 Å². The van der Waals surface area contributed by atoms with Crippen molar-refractivity contribution in [1.29, 1.82) is 0 Å². The molecule has 1 fully saturated rings. The molecule has 4 rings (SSSR count). The van der Waals surface area contributed by atoms with Crippen LogP contribution in [0.4, 0.5) is 16.2 Å². The van der Waals surface area contributed by atoms with Crippen molar-refractivity contribution in [2.24, 2.45) is 0 Å². The average molecular weight is 500 g/mol. The van der Waals surface area contributed by atoms with E-state index in [1.54, 1.807) is 36.4 Å². The summed E-state index contributed by atoms with van der Waals surface area (Å²) in [5.74, 6) is -1.14. The molecule has 188 valence electrons. The third-order valence-corrected chi connectivity index (χ3v) is 5.68. The van der Waals surface area contributed by atoms with Gasteiger partial charge in [-0.05, 0) is 67.4 Å². The number of para-hydroxylation sites is 1. The monoisotopic (exact) mass is 499 g/mol. The van der Waals surface area contributed by atoms with Crippen molar-refractivity contribution in [2.75, 3.05) is 23.9 Å². The number of hydrogen-bond acceptors (Lipinski definition) is 6. The number of methoxy groups -OCH3 is 1. The van der Waals surface area contributed by atoms with E-state index in [-0.39, 0.29) is 23.8 Å². The molecule has 0 radical (unpaired) electrons. The van der Waals surface area contributed by atoms with E-state index in [9.17, 15) is 19.2 Å². The second kappa shape index (κ2) is 10.8. The Hall–Kier alpha value is -4.92. The summed E-state index contributed by atoms with van der Waals surface area (Å²) in [6.07, 6.45) is 1.33. The molecule has 2 N–H and O–H groups in total. The van der Waals surface area contributed by atoms with E-state index in [1.807, 2.05) is 32.0 Å². The Balaban J connectivity index is 1.54. The van der Waals surface area contributed by atoms with Crippen molar-refractivity contribution in [3.05, 3.63) is 89.0 Å². The van der Waals surface area contributed by atoms with Crippen molar-refractivity contribution in [2.45, 2.75) is 13.8 Å². The lowest BCUT2D eigenvalue weighted by Crippen LogP contribution is -2.54. The first kappa shape index (κ1) is 25.2. The molecule has 1 aliphatic rings. The Morgan fingerprint density at radius 2 is 1.73 bits per heavy atom. The van der Waals surface area contributed by atoms with Gasteiger partial charge in [-0.3, -0.25) is 19.7 Å². The van der Waals surface area contributed by atoms with Crippen molar-refractivity contribution in [3.63, 3.8) is 0 Å². The predicted molar refractivity (Wildman–Crippen MR) is 138 cm³/mol. The number of carbonyl (C=O) groups excluding carboxylic acids is 4. The van der Waals surface area contributed by atoms with Crippen LogP contribution in [0.25, 0.3) is 6.08 Å². The fraction of sp³-hybridized carbons (Fsp3) is 0.143. The van der Waals surface area contributed by atoms with Crippen LogP contribution in [0.15, 0.2) is 72.3 Å². The Morgan fingerprint density at radius 3 is 2.46 bits per heavy atom. The number of nitrogens with one attached hydrogen (secondary N) is 2. The molecule has 5 amide bonds. The summed E-state index contributed by atoms with van der Waals surface area (Å²) in [6, 6.07) is 17.8. The highest BCUT2D eigenvalue weighted by atomic mass is 16.5. The van der Waals surface area contributed by atoms with Crippen LogP contribution in [0.1, 0.15) is 16.7 Å². The molecule has 0 aromatic heterocycles. The first-order valence-electron chi connectivity index (χ1n) is 11.4. The Bertz CT molecular complexity index is 1410. The molecule has 1 heterocycles. The first-order valence-corrected chi connectivity index (χ1v) is 11.4. The minimum absolute atomic E-state index is 0.258. The van der Waals surface area contributed by atoms with Crippen LogP contribution >= 0.6 is 0 Å². The second-order valence-electron chi connectivity index (χ2n) is 8.35. The van der Waals surface area contributed by atoms with Gasteiger partial charge in [0.05, 0.1) is 12.8 Å². The summed E-state index contributed by atoms with van der Waals surface area (Å²) in [5, 5.41) is 5.01. The summed E-state index contributed by atoms with van der Waals surface area (Å²) in [5.41, 5.74) is 3.03. The fourth-order valence-corrected chi connectivity index (χ4v) is 3.71. The SMILES string of the molecule is COc1ccc(N2C(=O)NC(=O)/C(=C\c3ccccc3OCC(=O)Nc3cc(C)ccc3C)C2=O)cc1. The van der Waals surface area contributed by atoms with Crippen molar-refractivity contribution in [1.82, 2.24) is 5.32 Å². The molecule has 0 aliphatic carbocycles. The number of hydrogen-bond donors (Lipinski definition) is 2. The van der Waals surface area contributed by atoms with Crippen LogP contribution in [-0.4, -0.2) is 37.5 Å². The third-order valence-electron chi connectivity index (χ3n) is 5.68. The number of rotatable bonds is 7. The van der Waals surface area contributed by atoms with E-state index in [2.05, 4.69) is 10.6 Å². The number of barbiturate groups is 1. The van der Waals surface area contributed by atoms with Crippen LogP contribution in [0.2, 0.25) is 0 Å². The minimum atomic E-state index is -0.857. The zero-order valence-electron chi connectivity index (χ0n) is 20.5. The molecule has 9 heteroatoms. The Kier molecular flexibility index (Phi) is 7.34. The van der Waals surface area contributed by atoms with Gasteiger partial charge in [-0.25, -0.2) is 9.69 Å². The number of ether oxygens (including phenoxy) is 2. The number of imide groups is 2. The summed E-state index contributed by atoms with van der Waals surface area (Å²) >= 11 is 0. The standard InChI is InChI=1S/C28H25N3O6/c1-17-8-9-18(2)23(14-17)29-25(32)16-37-24-7-5-4-6-19(24)15-22-26(33)30-28(35)31(27(22)34)20-10-12-21(36-3)13-11-20/h4-15H,16H2,1-3H3,(H,29,32)(H,30,33,35)/b22-15+. The molecule has 1 aliphatic heterocycles. The zero-order valence-corrected chi connectivity index (χ0v) is 20.5. The first-order chi connectivity index (χ1) is 17.8. The van der Waals surface area contributed by atoms with Crippen molar-refractivity contribution < 1.29 is 28.7 Å². The highest BCUT2D eigenvalue weighted by Gasteiger charge is 2.37. The van der Waals surface area contributed by atoms with Gasteiger partial charge in [0, 0.05) is 11.3 Å². The maximum atomic E-state index is 13.2. The average Bonchev–Trinajstić information content (AvgIpc) is 2.88. The van der Waals surface area contributed by atoms with Gasteiger partial charge in [-0.15, -0.1) is 0 Å². The van der Waals surface area contributed by atoms with Crippen molar-refractivity contribution in [3.8, 4) is 11.5 Å². The second-order valence-corrected chi connectivity index (χ2v) is 8.35. The topological polar surface area (TPSA) is 114 Å². The number of benzene rings is 3. The number of anilines is 2. The molecule has 0 spiro atoms. The number of amides is 5. The summed E-state index contributed by atoms with van der Waals surface area (Å²) in [4.78, 5) is 51.6. The van der Waals surface area contributed by atoms with E-state index in [0.717, 1.165) is 16.0 Å². The van der Waals surface area contributed by atoms with Gasteiger partial charge in [-0.2, -0.15) is 0 Å². The predicted octanol–water partition coefficient (Wildman–Crippen LogP) is 4.00. The molecular weight excluding hydrogens is 474 g/mol. The molecule has 1 saturated heterocycles. The van der Waals surface area contributed by atoms with Crippen molar-refractivity contribution >= 4 is 41.2 Å². The van der Waals surface area contributed by atoms with Crippen LogP contribution in [0.3, 0.4) is 0 Å². The van der Waals surface area contributed by atoms with E-state index in [4.69, 9.17) is 9.47 Å². The molecule has 9 nitrogen and oxygen atoms in total. The van der Waals surface area contributed by atoms with Gasteiger partial charge >= 0.3 is 6.03 Å². The van der Waals surface area contributed by atoms with Crippen LogP contribution in [0.5, 0.6) is 11.5 Å². The molecule has 3 aromatic rings. The maximum absolute atomic E-state index is 13.2.